The third-order valence-electron chi connectivity index (χ3n) is 2.75. The number of methoxy groups -OCH3 is 1. The molecule has 1 aliphatic heterocycles. The molecule has 19 heavy (non-hydrogen) atoms. The zero-order valence-electron chi connectivity index (χ0n) is 12.3. The lowest BCUT2D eigenvalue weighted by atomic mass is 9.90. The van der Waals surface area contributed by atoms with Crippen LogP contribution in [-0.2, 0) is 4.74 Å². The van der Waals surface area contributed by atoms with Crippen LogP contribution in [0.2, 0.25) is 10.0 Å². The monoisotopic (exact) mass is 305 g/mol. The van der Waals surface area contributed by atoms with Gasteiger partial charge in [-0.2, -0.15) is 0 Å². The molecule has 110 valence electrons. The molecule has 1 saturated heterocycles. The van der Waals surface area contributed by atoms with Crippen LogP contribution in [0.25, 0.3) is 0 Å². The van der Waals surface area contributed by atoms with Crippen LogP contribution in [0.1, 0.15) is 38.2 Å². The summed E-state index contributed by atoms with van der Waals surface area (Å²) in [5.41, 5.74) is 1.32. The molecule has 1 aromatic rings. The summed E-state index contributed by atoms with van der Waals surface area (Å²) < 4.78 is 4.25. The van der Waals surface area contributed by atoms with Crippen molar-refractivity contribution < 1.29 is 4.74 Å². The van der Waals surface area contributed by atoms with Gasteiger partial charge in [-0.05, 0) is 49.5 Å². The molecule has 0 bridgehead atoms. The van der Waals surface area contributed by atoms with Gasteiger partial charge in [0.15, 0.2) is 0 Å². The van der Waals surface area contributed by atoms with E-state index < -0.39 is 0 Å². The van der Waals surface area contributed by atoms with Crippen LogP contribution < -0.4 is 5.32 Å². The topological polar surface area (TPSA) is 21.3 Å². The number of piperidine rings is 1. The molecule has 2 rings (SSSR count). The lowest BCUT2D eigenvalue weighted by molar-refractivity contribution is 0.277. The Kier molecular flexibility index (Phi) is 11.4. The van der Waals surface area contributed by atoms with Crippen molar-refractivity contribution in [1.82, 2.24) is 5.32 Å². The lowest BCUT2D eigenvalue weighted by Crippen LogP contribution is -2.26. The molecule has 0 spiro atoms. The fourth-order valence-corrected chi connectivity index (χ4v) is 2.23. The average molecular weight is 306 g/mol. The molecule has 0 atom stereocenters. The molecule has 0 radical (unpaired) electrons. The summed E-state index contributed by atoms with van der Waals surface area (Å²) in [6, 6.07) is 5.98. The van der Waals surface area contributed by atoms with Gasteiger partial charge in [0.25, 0.3) is 0 Å². The summed E-state index contributed by atoms with van der Waals surface area (Å²) in [4.78, 5) is 0. The number of nitrogens with one attached hydrogen (secondary N) is 1. The summed E-state index contributed by atoms with van der Waals surface area (Å²) in [5, 5.41) is 4.66. The summed E-state index contributed by atoms with van der Waals surface area (Å²) in [7, 11) is 3.25. The maximum absolute atomic E-state index is 5.99. The van der Waals surface area contributed by atoms with Crippen LogP contribution in [0.5, 0.6) is 0 Å². The Morgan fingerprint density at radius 3 is 2.05 bits per heavy atom. The Morgan fingerprint density at radius 2 is 1.58 bits per heavy atom. The number of ether oxygens (including phenoxy) is 1. The van der Waals surface area contributed by atoms with Crippen LogP contribution in [-0.4, -0.2) is 27.3 Å². The highest BCUT2D eigenvalue weighted by Crippen LogP contribution is 2.30. The molecule has 0 aromatic heterocycles. The van der Waals surface area contributed by atoms with Gasteiger partial charge in [-0.3, -0.25) is 0 Å². The lowest BCUT2D eigenvalue weighted by Gasteiger charge is -2.23. The molecule has 1 N–H and O–H groups in total. The quantitative estimate of drug-likeness (QED) is 0.808. The highest BCUT2D eigenvalue weighted by atomic mass is 35.5. The minimum absolute atomic E-state index is 0.643. The van der Waals surface area contributed by atoms with Gasteiger partial charge in [-0.15, -0.1) is 0 Å². The van der Waals surface area contributed by atoms with E-state index in [1.54, 1.807) is 14.2 Å². The SMILES string of the molecule is CC.COC.Clc1ccc(C2CCNCC2)cc1Cl. The normalized spacial score (nSPS) is 14.8. The third kappa shape index (κ3) is 7.17. The number of rotatable bonds is 1. The fourth-order valence-electron chi connectivity index (χ4n) is 1.92. The minimum Gasteiger partial charge on any atom is -0.388 e. The van der Waals surface area contributed by atoms with Gasteiger partial charge in [-0.25, -0.2) is 0 Å². The van der Waals surface area contributed by atoms with E-state index in [-0.39, 0.29) is 0 Å². The molecule has 0 saturated carbocycles. The van der Waals surface area contributed by atoms with Gasteiger partial charge >= 0.3 is 0 Å². The van der Waals surface area contributed by atoms with E-state index in [9.17, 15) is 0 Å². The van der Waals surface area contributed by atoms with Crippen molar-refractivity contribution in [1.29, 1.82) is 0 Å². The molecule has 0 amide bonds. The van der Waals surface area contributed by atoms with Crippen molar-refractivity contribution in [3.05, 3.63) is 33.8 Å². The second-order valence-electron chi connectivity index (χ2n) is 4.11. The molecule has 1 heterocycles. The van der Waals surface area contributed by atoms with Gasteiger partial charge in [0.05, 0.1) is 10.0 Å². The van der Waals surface area contributed by atoms with Crippen molar-refractivity contribution in [2.24, 2.45) is 0 Å². The molecule has 1 aliphatic rings. The Bertz CT molecular complexity index is 339. The predicted molar refractivity (Wildman–Crippen MR) is 85.6 cm³/mol. The van der Waals surface area contributed by atoms with Crippen molar-refractivity contribution in [2.75, 3.05) is 27.3 Å². The molecule has 0 unspecified atom stereocenters. The summed E-state index contributed by atoms with van der Waals surface area (Å²) >= 11 is 11.9. The average Bonchev–Trinajstić information content (AvgIpc) is 2.46. The van der Waals surface area contributed by atoms with Crippen molar-refractivity contribution >= 4 is 23.2 Å². The molecular weight excluding hydrogens is 281 g/mol. The number of hydrogen-bond donors (Lipinski definition) is 1. The predicted octanol–water partition coefficient (Wildman–Crippen LogP) is 4.75. The van der Waals surface area contributed by atoms with Crippen LogP contribution in [0.15, 0.2) is 18.2 Å². The van der Waals surface area contributed by atoms with E-state index >= 15 is 0 Å². The van der Waals surface area contributed by atoms with E-state index in [0.29, 0.717) is 16.0 Å². The maximum Gasteiger partial charge on any atom is 0.0595 e. The zero-order chi connectivity index (χ0) is 14.7. The van der Waals surface area contributed by atoms with Crippen molar-refractivity contribution in [3.63, 3.8) is 0 Å². The first-order chi connectivity index (χ1) is 9.19. The Hall–Kier alpha value is -0.280. The Balaban J connectivity index is 0.000000573. The van der Waals surface area contributed by atoms with Gasteiger partial charge in [-0.1, -0.05) is 43.1 Å². The Labute approximate surface area is 127 Å². The standard InChI is InChI=1S/C11H13Cl2N.C2H6O.C2H6/c12-10-2-1-9(7-11(10)13)8-3-5-14-6-4-8;1-3-2;1-2/h1-2,7-8,14H,3-6H2;1-2H3;1-2H3. The highest BCUT2D eigenvalue weighted by molar-refractivity contribution is 6.42. The third-order valence-corrected chi connectivity index (χ3v) is 3.49. The second kappa shape index (κ2) is 11.5. The molecule has 0 aliphatic carbocycles. The van der Waals surface area contributed by atoms with Crippen LogP contribution >= 0.6 is 23.2 Å². The van der Waals surface area contributed by atoms with E-state index in [2.05, 4.69) is 16.1 Å². The van der Waals surface area contributed by atoms with Crippen molar-refractivity contribution in [2.45, 2.75) is 32.6 Å². The van der Waals surface area contributed by atoms with Gasteiger partial charge in [0, 0.05) is 14.2 Å². The first-order valence-electron chi connectivity index (χ1n) is 6.74. The van der Waals surface area contributed by atoms with Crippen LogP contribution in [0.3, 0.4) is 0 Å². The van der Waals surface area contributed by atoms with Crippen LogP contribution in [0.4, 0.5) is 0 Å². The van der Waals surface area contributed by atoms with E-state index in [1.165, 1.54) is 18.4 Å². The van der Waals surface area contributed by atoms with Crippen molar-refractivity contribution in [3.8, 4) is 0 Å². The summed E-state index contributed by atoms with van der Waals surface area (Å²) in [5.74, 6) is 0.644. The number of halogens is 2. The molecule has 1 aromatic carbocycles. The number of hydrogen-bond acceptors (Lipinski definition) is 2. The van der Waals surface area contributed by atoms with Crippen LogP contribution in [0, 0.1) is 0 Å². The summed E-state index contributed by atoms with van der Waals surface area (Å²) in [6.45, 7) is 6.20. The Morgan fingerprint density at radius 1 is 1.05 bits per heavy atom. The van der Waals surface area contributed by atoms with E-state index in [0.717, 1.165) is 13.1 Å². The largest absolute Gasteiger partial charge is 0.388 e. The first kappa shape index (κ1) is 18.7. The molecule has 2 nitrogen and oxygen atoms in total. The zero-order valence-corrected chi connectivity index (χ0v) is 13.8. The summed E-state index contributed by atoms with van der Waals surface area (Å²) in [6.07, 6.45) is 2.38. The second-order valence-corrected chi connectivity index (χ2v) is 4.92. The molecular formula is C15H25Cl2NO. The number of benzene rings is 1. The maximum atomic E-state index is 5.99. The van der Waals surface area contributed by atoms with Gasteiger partial charge < -0.3 is 10.1 Å². The minimum atomic E-state index is 0.643. The smallest absolute Gasteiger partial charge is 0.0595 e. The van der Waals surface area contributed by atoms with Gasteiger partial charge in [0.1, 0.15) is 0 Å². The van der Waals surface area contributed by atoms with E-state index in [4.69, 9.17) is 23.2 Å². The van der Waals surface area contributed by atoms with E-state index in [1.807, 2.05) is 26.0 Å². The fraction of sp³-hybridized carbons (Fsp3) is 0.600. The van der Waals surface area contributed by atoms with Gasteiger partial charge in [0.2, 0.25) is 0 Å². The first-order valence-corrected chi connectivity index (χ1v) is 7.50. The highest BCUT2D eigenvalue weighted by Gasteiger charge is 2.15. The molecule has 4 heteroatoms. The molecule has 1 fully saturated rings.